The van der Waals surface area contributed by atoms with Gasteiger partial charge in [0, 0.05) is 37.4 Å². The molecule has 8 nitrogen and oxygen atoms in total. The van der Waals surface area contributed by atoms with Crippen molar-refractivity contribution >= 4 is 41.2 Å². The van der Waals surface area contributed by atoms with Crippen molar-refractivity contribution in [3.05, 3.63) is 64.5 Å². The van der Waals surface area contributed by atoms with E-state index in [0.29, 0.717) is 40.8 Å². The number of methoxy groups -OCH3 is 1. The SMILES string of the molecule is C#Cc1c(F)ccc2cccc(C3=C(F)C(=N/COC)/C(=C(\N=C)N4CC5CCC(C4)N5C(=O)OC(C)(C)C)C=N3)c12. The second-order valence-corrected chi connectivity index (χ2v) is 11.4. The molecule has 3 heterocycles. The predicted octanol–water partition coefficient (Wildman–Crippen LogP) is 5.72. The molecular weight excluding hydrogens is 540 g/mol. The van der Waals surface area contributed by atoms with E-state index in [1.54, 1.807) is 24.3 Å². The molecule has 2 bridgehead atoms. The van der Waals surface area contributed by atoms with Crippen LogP contribution in [-0.2, 0) is 9.47 Å². The van der Waals surface area contributed by atoms with E-state index in [9.17, 15) is 9.18 Å². The summed E-state index contributed by atoms with van der Waals surface area (Å²) in [6.45, 7) is 10.1. The third-order valence-electron chi connectivity index (χ3n) is 7.52. The van der Waals surface area contributed by atoms with E-state index in [1.807, 2.05) is 30.6 Å². The largest absolute Gasteiger partial charge is 0.444 e. The van der Waals surface area contributed by atoms with Crippen molar-refractivity contribution in [3.63, 3.8) is 0 Å². The molecular formula is C32H33F2N5O3. The van der Waals surface area contributed by atoms with Crippen molar-refractivity contribution in [3.8, 4) is 12.3 Å². The Kier molecular flexibility index (Phi) is 7.97. The monoisotopic (exact) mass is 573 g/mol. The quantitative estimate of drug-likeness (QED) is 0.339. The number of allylic oxidation sites excluding steroid dienone is 2. The summed E-state index contributed by atoms with van der Waals surface area (Å²) in [4.78, 5) is 29.9. The Morgan fingerprint density at radius 3 is 2.52 bits per heavy atom. The van der Waals surface area contributed by atoms with Crippen LogP contribution in [0.1, 0.15) is 44.7 Å². The van der Waals surface area contributed by atoms with E-state index in [-0.39, 0.29) is 41.9 Å². The van der Waals surface area contributed by atoms with Gasteiger partial charge in [0.1, 0.15) is 35.4 Å². The fourth-order valence-corrected chi connectivity index (χ4v) is 5.85. The Balaban J connectivity index is 1.55. The summed E-state index contributed by atoms with van der Waals surface area (Å²) >= 11 is 0. The lowest BCUT2D eigenvalue weighted by atomic mass is 9.94. The maximum Gasteiger partial charge on any atom is 0.410 e. The van der Waals surface area contributed by atoms with Gasteiger partial charge in [0.15, 0.2) is 5.83 Å². The normalized spacial score (nSPS) is 22.5. The number of nitrogens with zero attached hydrogens (tertiary/aromatic N) is 5. The number of carbonyl (C=O) groups is 1. The molecule has 2 aromatic rings. The number of terminal acetylenes is 1. The average molecular weight is 574 g/mol. The van der Waals surface area contributed by atoms with Crippen LogP contribution in [0.5, 0.6) is 0 Å². The molecule has 0 spiro atoms. The molecule has 0 aliphatic carbocycles. The Morgan fingerprint density at radius 2 is 1.90 bits per heavy atom. The number of likely N-dealkylation sites (tertiary alicyclic amines) is 1. The van der Waals surface area contributed by atoms with Crippen molar-refractivity contribution in [1.82, 2.24) is 9.80 Å². The van der Waals surface area contributed by atoms with Gasteiger partial charge < -0.3 is 14.4 Å². The number of ether oxygens (including phenoxy) is 2. The number of hydrogen-bond donors (Lipinski definition) is 0. The summed E-state index contributed by atoms with van der Waals surface area (Å²) in [7, 11) is 1.46. The summed E-state index contributed by atoms with van der Waals surface area (Å²) in [6, 6.07) is 7.85. The van der Waals surface area contributed by atoms with Crippen LogP contribution in [0.2, 0.25) is 0 Å². The zero-order chi connectivity index (χ0) is 30.2. The fourth-order valence-electron chi connectivity index (χ4n) is 5.85. The second kappa shape index (κ2) is 11.5. The van der Waals surface area contributed by atoms with Crippen molar-refractivity contribution in [2.45, 2.75) is 51.3 Å². The molecule has 0 radical (unpaired) electrons. The Labute approximate surface area is 244 Å². The van der Waals surface area contributed by atoms with Gasteiger partial charge in [-0.25, -0.2) is 18.6 Å². The van der Waals surface area contributed by atoms with Gasteiger partial charge in [-0.05, 0) is 51.8 Å². The molecule has 2 unspecified atom stereocenters. The van der Waals surface area contributed by atoms with Crippen LogP contribution >= 0.6 is 0 Å². The van der Waals surface area contributed by atoms with Crippen molar-refractivity contribution in [1.29, 1.82) is 0 Å². The Bertz CT molecular complexity index is 1600. The topological polar surface area (TPSA) is 79.1 Å². The molecule has 3 aliphatic heterocycles. The van der Waals surface area contributed by atoms with Crippen LogP contribution in [0.25, 0.3) is 16.5 Å². The van der Waals surface area contributed by atoms with Gasteiger partial charge in [-0.15, -0.1) is 6.42 Å². The van der Waals surface area contributed by atoms with Crippen LogP contribution in [-0.4, -0.2) is 79.2 Å². The molecule has 42 heavy (non-hydrogen) atoms. The molecule has 0 saturated carbocycles. The summed E-state index contributed by atoms with van der Waals surface area (Å²) in [6.07, 6.45) is 8.43. The third kappa shape index (κ3) is 5.32. The summed E-state index contributed by atoms with van der Waals surface area (Å²) in [5.74, 6) is 1.50. The van der Waals surface area contributed by atoms with Crippen molar-refractivity contribution in [2.75, 3.05) is 26.9 Å². The number of piperazine rings is 1. The van der Waals surface area contributed by atoms with Crippen LogP contribution in [0, 0.1) is 18.2 Å². The molecule has 2 saturated heterocycles. The van der Waals surface area contributed by atoms with Gasteiger partial charge in [-0.1, -0.05) is 30.2 Å². The highest BCUT2D eigenvalue weighted by Crippen LogP contribution is 2.38. The molecule has 10 heteroatoms. The average Bonchev–Trinajstić information content (AvgIpc) is 3.22. The lowest BCUT2D eigenvalue weighted by Gasteiger charge is -2.42. The van der Waals surface area contributed by atoms with Crippen LogP contribution in [0.3, 0.4) is 0 Å². The maximum atomic E-state index is 16.4. The van der Waals surface area contributed by atoms with Crippen LogP contribution in [0.15, 0.2) is 62.5 Å². The van der Waals surface area contributed by atoms with Gasteiger partial charge in [0.05, 0.1) is 23.2 Å². The minimum atomic E-state index is -0.721. The molecule has 1 amide bonds. The number of carbonyl (C=O) groups excluding carboxylic acids is 1. The summed E-state index contributed by atoms with van der Waals surface area (Å²) in [5, 5.41) is 1.04. The number of benzene rings is 2. The lowest BCUT2D eigenvalue weighted by Crippen LogP contribution is -2.56. The summed E-state index contributed by atoms with van der Waals surface area (Å²) in [5.41, 5.74) is 0.0584. The number of aliphatic imine (C=N–C) groups is 3. The zero-order valence-electron chi connectivity index (χ0n) is 24.2. The van der Waals surface area contributed by atoms with Crippen molar-refractivity contribution in [2.24, 2.45) is 15.0 Å². The first-order valence-corrected chi connectivity index (χ1v) is 13.7. The van der Waals surface area contributed by atoms with Gasteiger partial charge in [-0.2, -0.15) is 0 Å². The number of fused-ring (bicyclic) bond motifs is 3. The van der Waals surface area contributed by atoms with Gasteiger partial charge >= 0.3 is 6.09 Å². The lowest BCUT2D eigenvalue weighted by molar-refractivity contribution is -0.000493. The van der Waals surface area contributed by atoms with Crippen molar-refractivity contribution < 1.29 is 23.0 Å². The third-order valence-corrected chi connectivity index (χ3v) is 7.52. The molecule has 3 aliphatic rings. The number of halogens is 2. The molecule has 0 aromatic heterocycles. The van der Waals surface area contributed by atoms with Gasteiger partial charge in [0.2, 0.25) is 0 Å². The minimum Gasteiger partial charge on any atom is -0.444 e. The van der Waals surface area contributed by atoms with E-state index in [0.717, 1.165) is 12.8 Å². The predicted molar refractivity (Wildman–Crippen MR) is 161 cm³/mol. The van der Waals surface area contributed by atoms with Gasteiger partial charge in [-0.3, -0.25) is 14.9 Å². The molecule has 5 rings (SSSR count). The highest BCUT2D eigenvalue weighted by atomic mass is 19.1. The summed E-state index contributed by atoms with van der Waals surface area (Å²) < 4.78 is 41.9. The second-order valence-electron chi connectivity index (χ2n) is 11.4. The first-order chi connectivity index (χ1) is 20.1. The zero-order valence-corrected chi connectivity index (χ0v) is 24.2. The van der Waals surface area contributed by atoms with E-state index in [4.69, 9.17) is 15.9 Å². The number of amides is 1. The molecule has 2 fully saturated rings. The minimum absolute atomic E-state index is 0.0122. The maximum absolute atomic E-state index is 16.4. The first kappa shape index (κ1) is 29.1. The van der Waals surface area contributed by atoms with E-state index < -0.39 is 17.2 Å². The highest BCUT2D eigenvalue weighted by Gasteiger charge is 2.45. The Morgan fingerprint density at radius 1 is 1.19 bits per heavy atom. The highest BCUT2D eigenvalue weighted by molar-refractivity contribution is 6.29. The van der Waals surface area contributed by atoms with Crippen LogP contribution < -0.4 is 0 Å². The van der Waals surface area contributed by atoms with Gasteiger partial charge in [0.25, 0.3) is 0 Å². The first-order valence-electron chi connectivity index (χ1n) is 13.7. The Hall–Kier alpha value is -4.36. The fraction of sp³-hybridized carbons (Fsp3) is 0.375. The number of rotatable bonds is 5. The van der Waals surface area contributed by atoms with E-state index in [1.165, 1.54) is 19.4 Å². The van der Waals surface area contributed by atoms with E-state index >= 15 is 4.39 Å². The smallest absolute Gasteiger partial charge is 0.410 e. The standard InChI is InChI=1S/C32H33F2N5O3/c1-7-22-25(33)14-11-19-9-8-10-23(26(19)22)28-27(34)29(37-18-41-6)24(15-36-28)30(35-5)38-16-20-12-13-21(17-38)39(20)31(40)42-32(2,3)4/h1,8-11,14-15,20-21H,5,12-13,16-18H2,2-4,6H3/b30-24+,37-29+. The van der Waals surface area contributed by atoms with E-state index in [2.05, 4.69) is 27.6 Å². The number of hydrogen-bond acceptors (Lipinski definition) is 7. The molecule has 2 aromatic carbocycles. The van der Waals surface area contributed by atoms with Crippen LogP contribution in [0.4, 0.5) is 13.6 Å². The molecule has 218 valence electrons. The molecule has 0 N–H and O–H groups in total. The molecule has 2 atom stereocenters.